The van der Waals surface area contributed by atoms with E-state index in [0.29, 0.717) is 17.8 Å². The summed E-state index contributed by atoms with van der Waals surface area (Å²) in [6.45, 7) is 0.717. The fraction of sp³-hybridized carbons (Fsp3) is 0.154. The van der Waals surface area contributed by atoms with Gasteiger partial charge in [-0.1, -0.05) is 6.07 Å². The van der Waals surface area contributed by atoms with Crippen molar-refractivity contribution < 1.29 is 4.79 Å². The summed E-state index contributed by atoms with van der Waals surface area (Å²) in [5.41, 5.74) is 14.1. The number of nitrogens with zero attached hydrogens (tertiary/aromatic N) is 1. The number of rotatable bonds is 4. The molecule has 0 fully saturated rings. The molecule has 0 saturated heterocycles. The van der Waals surface area contributed by atoms with Crippen LogP contribution in [0.15, 0.2) is 33.4 Å². The summed E-state index contributed by atoms with van der Waals surface area (Å²) >= 11 is 5.08. The minimum atomic E-state index is -0.508. The number of hydrogen-bond acceptors (Lipinski definition) is 4. The topological polar surface area (TPSA) is 72.3 Å². The Balaban J connectivity index is 2.26. The first-order chi connectivity index (χ1) is 8.99. The van der Waals surface area contributed by atoms with Crippen molar-refractivity contribution in [1.82, 2.24) is 0 Å². The van der Waals surface area contributed by atoms with E-state index in [0.717, 1.165) is 9.47 Å². The molecule has 6 heteroatoms. The fourth-order valence-corrected chi connectivity index (χ4v) is 3.09. The third kappa shape index (κ3) is 3.08. The number of nitrogens with two attached hydrogens (primary N) is 2. The Kier molecular flexibility index (Phi) is 4.11. The van der Waals surface area contributed by atoms with Crippen LogP contribution in [0.5, 0.6) is 0 Å². The molecule has 0 unspecified atom stereocenters. The van der Waals surface area contributed by atoms with Crippen molar-refractivity contribution in [3.8, 4) is 0 Å². The summed E-state index contributed by atoms with van der Waals surface area (Å²) < 4.78 is 1.09. The normalized spacial score (nSPS) is 10.4. The first-order valence-electron chi connectivity index (χ1n) is 5.61. The molecule has 0 bridgehead atoms. The molecule has 4 N–H and O–H groups in total. The molecule has 2 rings (SSSR count). The Labute approximate surface area is 124 Å². The summed E-state index contributed by atoms with van der Waals surface area (Å²) in [7, 11) is 1.93. The molecule has 0 aliphatic carbocycles. The second-order valence-corrected chi connectivity index (χ2v) is 6.51. The second kappa shape index (κ2) is 5.63. The van der Waals surface area contributed by atoms with Gasteiger partial charge in [0.1, 0.15) is 0 Å². The minimum Gasteiger partial charge on any atom is -0.396 e. The van der Waals surface area contributed by atoms with Crippen LogP contribution in [0.4, 0.5) is 11.4 Å². The Morgan fingerprint density at radius 1 is 1.47 bits per heavy atom. The lowest BCUT2D eigenvalue weighted by Crippen LogP contribution is -2.20. The van der Waals surface area contributed by atoms with Crippen LogP contribution < -0.4 is 16.4 Å². The maximum atomic E-state index is 11.3. The summed E-state index contributed by atoms with van der Waals surface area (Å²) in [6, 6.07) is 7.36. The van der Waals surface area contributed by atoms with Crippen LogP contribution in [-0.2, 0) is 6.54 Å². The van der Waals surface area contributed by atoms with Crippen molar-refractivity contribution in [3.63, 3.8) is 0 Å². The quantitative estimate of drug-likeness (QED) is 0.841. The Morgan fingerprint density at radius 3 is 2.79 bits per heavy atom. The van der Waals surface area contributed by atoms with Crippen molar-refractivity contribution in [2.45, 2.75) is 6.54 Å². The van der Waals surface area contributed by atoms with E-state index >= 15 is 0 Å². The number of amides is 1. The number of para-hydroxylation sites is 1. The standard InChI is InChI=1S/C13H14BrN3OS/c1-17(6-8-5-11(14)19-7-8)10-4-2-3-9(12(10)15)13(16)18/h2-5,7H,6,15H2,1H3,(H2,16,18). The van der Waals surface area contributed by atoms with Crippen LogP contribution in [-0.4, -0.2) is 13.0 Å². The van der Waals surface area contributed by atoms with E-state index in [4.69, 9.17) is 11.5 Å². The van der Waals surface area contributed by atoms with E-state index in [1.165, 1.54) is 5.56 Å². The van der Waals surface area contributed by atoms with E-state index in [1.807, 2.05) is 18.0 Å². The molecule has 1 aromatic heterocycles. The minimum absolute atomic E-state index is 0.357. The van der Waals surface area contributed by atoms with E-state index in [-0.39, 0.29) is 0 Å². The van der Waals surface area contributed by atoms with Crippen LogP contribution >= 0.6 is 27.3 Å². The highest BCUT2D eigenvalue weighted by molar-refractivity contribution is 9.11. The van der Waals surface area contributed by atoms with Crippen molar-refractivity contribution in [2.75, 3.05) is 17.7 Å². The fourth-order valence-electron chi connectivity index (χ4n) is 1.89. The molecular formula is C13H14BrN3OS. The molecule has 0 spiro atoms. The molecule has 1 amide bonds. The van der Waals surface area contributed by atoms with Gasteiger partial charge >= 0.3 is 0 Å². The number of carbonyl (C=O) groups is 1. The summed E-state index contributed by atoms with van der Waals surface area (Å²) in [5.74, 6) is -0.508. The third-order valence-electron chi connectivity index (χ3n) is 2.80. The first kappa shape index (κ1) is 13.9. The van der Waals surface area contributed by atoms with Gasteiger partial charge in [0, 0.05) is 13.6 Å². The van der Waals surface area contributed by atoms with Crippen LogP contribution in [0.2, 0.25) is 0 Å². The number of thiophene rings is 1. The van der Waals surface area contributed by atoms with Gasteiger partial charge < -0.3 is 16.4 Å². The van der Waals surface area contributed by atoms with Gasteiger partial charge in [-0.25, -0.2) is 0 Å². The third-order valence-corrected chi connectivity index (χ3v) is 4.35. The highest BCUT2D eigenvalue weighted by Crippen LogP contribution is 2.28. The van der Waals surface area contributed by atoms with Gasteiger partial charge in [-0.05, 0) is 45.1 Å². The number of benzene rings is 1. The summed E-state index contributed by atoms with van der Waals surface area (Å²) in [6.07, 6.45) is 0. The maximum absolute atomic E-state index is 11.3. The highest BCUT2D eigenvalue weighted by Gasteiger charge is 2.13. The molecule has 100 valence electrons. The molecule has 0 atom stereocenters. The molecule has 0 aliphatic heterocycles. The number of halogens is 1. The maximum Gasteiger partial charge on any atom is 0.250 e. The molecule has 1 aromatic carbocycles. The number of hydrogen-bond donors (Lipinski definition) is 2. The molecule has 19 heavy (non-hydrogen) atoms. The lowest BCUT2D eigenvalue weighted by Gasteiger charge is -2.21. The molecule has 1 heterocycles. The Bertz CT molecular complexity index is 612. The lowest BCUT2D eigenvalue weighted by atomic mass is 10.1. The zero-order valence-corrected chi connectivity index (χ0v) is 12.8. The average Bonchev–Trinajstić information content (AvgIpc) is 2.74. The van der Waals surface area contributed by atoms with Crippen LogP contribution in [0.3, 0.4) is 0 Å². The Hall–Kier alpha value is -1.53. The van der Waals surface area contributed by atoms with Gasteiger partial charge in [-0.2, -0.15) is 0 Å². The van der Waals surface area contributed by atoms with Crippen molar-refractivity contribution in [1.29, 1.82) is 0 Å². The van der Waals surface area contributed by atoms with E-state index < -0.39 is 5.91 Å². The largest absolute Gasteiger partial charge is 0.396 e. The first-order valence-corrected chi connectivity index (χ1v) is 7.28. The van der Waals surface area contributed by atoms with Gasteiger partial charge in [0.25, 0.3) is 5.91 Å². The van der Waals surface area contributed by atoms with Gasteiger partial charge in [-0.3, -0.25) is 4.79 Å². The van der Waals surface area contributed by atoms with Crippen molar-refractivity contribution >= 4 is 44.5 Å². The van der Waals surface area contributed by atoms with Crippen LogP contribution in [0.1, 0.15) is 15.9 Å². The highest BCUT2D eigenvalue weighted by atomic mass is 79.9. The predicted molar refractivity (Wildman–Crippen MR) is 83.5 cm³/mol. The SMILES string of the molecule is CN(Cc1csc(Br)c1)c1cccc(C(N)=O)c1N. The average molecular weight is 340 g/mol. The van der Waals surface area contributed by atoms with Crippen LogP contribution in [0, 0.1) is 0 Å². The zero-order chi connectivity index (χ0) is 14.0. The van der Waals surface area contributed by atoms with E-state index in [9.17, 15) is 4.79 Å². The van der Waals surface area contributed by atoms with E-state index in [1.54, 1.807) is 23.5 Å². The number of nitrogen functional groups attached to an aromatic ring is 1. The number of carbonyl (C=O) groups excluding carboxylic acids is 1. The summed E-state index contributed by atoms with van der Waals surface area (Å²) in [4.78, 5) is 13.3. The van der Waals surface area contributed by atoms with Crippen molar-refractivity contribution in [3.05, 3.63) is 44.6 Å². The number of primary amides is 1. The van der Waals surface area contributed by atoms with Gasteiger partial charge in [0.2, 0.25) is 0 Å². The van der Waals surface area contributed by atoms with Gasteiger partial charge in [-0.15, -0.1) is 11.3 Å². The smallest absolute Gasteiger partial charge is 0.250 e. The summed E-state index contributed by atoms with van der Waals surface area (Å²) in [5, 5.41) is 2.08. The Morgan fingerprint density at radius 2 is 2.21 bits per heavy atom. The molecule has 4 nitrogen and oxygen atoms in total. The second-order valence-electron chi connectivity index (χ2n) is 4.22. The van der Waals surface area contributed by atoms with Crippen LogP contribution in [0.25, 0.3) is 0 Å². The van der Waals surface area contributed by atoms with Gasteiger partial charge in [0.15, 0.2) is 0 Å². The zero-order valence-electron chi connectivity index (χ0n) is 10.4. The molecule has 0 aliphatic rings. The monoisotopic (exact) mass is 339 g/mol. The predicted octanol–water partition coefficient (Wildman–Crippen LogP) is 2.83. The molecule has 0 radical (unpaired) electrons. The van der Waals surface area contributed by atoms with Crippen molar-refractivity contribution in [2.24, 2.45) is 5.73 Å². The van der Waals surface area contributed by atoms with E-state index in [2.05, 4.69) is 27.4 Å². The molecular weight excluding hydrogens is 326 g/mol. The number of anilines is 2. The molecule has 2 aromatic rings. The lowest BCUT2D eigenvalue weighted by molar-refractivity contribution is 0.100. The molecule has 0 saturated carbocycles. The van der Waals surface area contributed by atoms with Gasteiger partial charge in [0.05, 0.1) is 20.7 Å².